The van der Waals surface area contributed by atoms with E-state index in [2.05, 4.69) is 0 Å². The molecule has 1 atom stereocenters. The lowest BCUT2D eigenvalue weighted by Gasteiger charge is -2.13. The smallest absolute Gasteiger partial charge is 0.465 e. The van der Waals surface area contributed by atoms with Gasteiger partial charge in [0.1, 0.15) is 0 Å². The molecule has 0 radical (unpaired) electrons. The minimum absolute atomic E-state index is 0.151. The predicted molar refractivity (Wildman–Crippen MR) is 46.8 cm³/mol. The van der Waals surface area contributed by atoms with Gasteiger partial charge in [0, 0.05) is 19.6 Å². The lowest BCUT2D eigenvalue weighted by Crippen LogP contribution is -2.40. The Bertz CT molecular complexity index is 293. The van der Waals surface area contributed by atoms with Gasteiger partial charge >= 0.3 is 18.2 Å². The summed E-state index contributed by atoms with van der Waals surface area (Å²) in [7, 11) is 0. The average molecular weight is 240 g/mol. The number of rotatable bonds is 2. The summed E-state index contributed by atoms with van der Waals surface area (Å²) in [5.74, 6) is -2.23. The Hall–Kier alpha value is -1.47. The number of nitrogens with one attached hydrogen (secondary N) is 1. The maximum absolute atomic E-state index is 11.8. The number of nitrogens with zero attached hydrogens (tertiary/aromatic N) is 1. The average Bonchev–Trinajstić information content (AvgIpc) is 2.60. The van der Waals surface area contributed by atoms with E-state index in [1.165, 1.54) is 0 Å². The van der Waals surface area contributed by atoms with Crippen LogP contribution in [0.3, 0.4) is 0 Å². The molecule has 0 bridgehead atoms. The van der Waals surface area contributed by atoms with E-state index in [9.17, 15) is 22.8 Å². The summed E-state index contributed by atoms with van der Waals surface area (Å²) < 4.78 is 35.4. The molecule has 1 fully saturated rings. The number of likely N-dealkylation sites (tertiary alicyclic amines) is 1. The van der Waals surface area contributed by atoms with Crippen LogP contribution in [0.25, 0.3) is 0 Å². The van der Waals surface area contributed by atoms with Crippen LogP contribution in [0.1, 0.15) is 6.42 Å². The lowest BCUT2D eigenvalue weighted by atomic mass is 10.1. The molecular weight excluding hydrogens is 229 g/mol. The van der Waals surface area contributed by atoms with Gasteiger partial charge in [0.2, 0.25) is 0 Å². The molecule has 2 N–H and O–H groups in total. The Labute approximate surface area is 89.2 Å². The van der Waals surface area contributed by atoms with Crippen LogP contribution < -0.4 is 5.32 Å². The van der Waals surface area contributed by atoms with Gasteiger partial charge in [-0.2, -0.15) is 13.2 Å². The largest absolute Gasteiger partial charge is 0.471 e. The van der Waals surface area contributed by atoms with E-state index >= 15 is 0 Å². The molecule has 2 amide bonds. The summed E-state index contributed by atoms with van der Waals surface area (Å²) in [6.45, 7) is 0.303. The first-order valence-electron chi connectivity index (χ1n) is 4.63. The van der Waals surface area contributed by atoms with Gasteiger partial charge in [-0.1, -0.05) is 0 Å². The van der Waals surface area contributed by atoms with Crippen molar-refractivity contribution in [1.82, 2.24) is 10.2 Å². The molecule has 0 aromatic heterocycles. The Morgan fingerprint density at radius 2 is 2.06 bits per heavy atom. The van der Waals surface area contributed by atoms with Gasteiger partial charge in [-0.15, -0.1) is 0 Å². The molecule has 0 aromatic carbocycles. The topological polar surface area (TPSA) is 69.6 Å². The first kappa shape index (κ1) is 12.6. The number of amides is 2. The standard InChI is InChI=1S/C8H11F3N2O3/c9-8(10,11)6(14)12-3-5-1-2-13(4-5)7(15)16/h5H,1-4H2,(H,12,14)(H,15,16)/t5-/m0/s1. The lowest BCUT2D eigenvalue weighted by molar-refractivity contribution is -0.173. The molecule has 0 unspecified atom stereocenters. The van der Waals surface area contributed by atoms with Crippen LogP contribution >= 0.6 is 0 Å². The van der Waals surface area contributed by atoms with Crippen molar-refractivity contribution in [2.75, 3.05) is 19.6 Å². The SMILES string of the molecule is O=C(O)N1CC[C@@H](CNC(=O)C(F)(F)F)C1. The molecule has 92 valence electrons. The quantitative estimate of drug-likeness (QED) is 0.745. The fourth-order valence-electron chi connectivity index (χ4n) is 1.51. The molecule has 0 saturated carbocycles. The van der Waals surface area contributed by atoms with Gasteiger partial charge in [0.25, 0.3) is 0 Å². The maximum Gasteiger partial charge on any atom is 0.471 e. The Morgan fingerprint density at radius 3 is 2.50 bits per heavy atom. The number of carboxylic acid groups (broad SMARTS) is 1. The minimum atomic E-state index is -4.88. The van der Waals surface area contributed by atoms with Crippen molar-refractivity contribution in [3.8, 4) is 0 Å². The van der Waals surface area contributed by atoms with E-state index in [4.69, 9.17) is 5.11 Å². The molecule has 1 rings (SSSR count). The third-order valence-electron chi connectivity index (χ3n) is 2.37. The van der Waals surface area contributed by atoms with E-state index in [-0.39, 0.29) is 19.0 Å². The van der Waals surface area contributed by atoms with Crippen molar-refractivity contribution in [3.63, 3.8) is 0 Å². The molecular formula is C8H11F3N2O3. The number of alkyl halides is 3. The third-order valence-corrected chi connectivity index (χ3v) is 2.37. The van der Waals surface area contributed by atoms with Crippen LogP contribution in [0.15, 0.2) is 0 Å². The Balaban J connectivity index is 2.31. The fourth-order valence-corrected chi connectivity index (χ4v) is 1.51. The van der Waals surface area contributed by atoms with Gasteiger partial charge in [-0.05, 0) is 12.3 Å². The van der Waals surface area contributed by atoms with Crippen LogP contribution in [0.2, 0.25) is 0 Å². The van der Waals surface area contributed by atoms with Crippen molar-refractivity contribution in [2.24, 2.45) is 5.92 Å². The summed E-state index contributed by atoms with van der Waals surface area (Å²) in [6, 6.07) is 0. The van der Waals surface area contributed by atoms with Crippen LogP contribution in [0.5, 0.6) is 0 Å². The van der Waals surface area contributed by atoms with Crippen LogP contribution in [-0.2, 0) is 4.79 Å². The molecule has 1 aliphatic rings. The zero-order valence-electron chi connectivity index (χ0n) is 8.25. The van der Waals surface area contributed by atoms with E-state index in [1.807, 2.05) is 0 Å². The second-order valence-corrected chi connectivity index (χ2v) is 3.59. The minimum Gasteiger partial charge on any atom is -0.465 e. The zero-order chi connectivity index (χ0) is 12.3. The molecule has 1 saturated heterocycles. The van der Waals surface area contributed by atoms with Crippen molar-refractivity contribution in [1.29, 1.82) is 0 Å². The van der Waals surface area contributed by atoms with Crippen molar-refractivity contribution in [2.45, 2.75) is 12.6 Å². The fraction of sp³-hybridized carbons (Fsp3) is 0.750. The van der Waals surface area contributed by atoms with Gasteiger partial charge in [0.15, 0.2) is 0 Å². The molecule has 16 heavy (non-hydrogen) atoms. The van der Waals surface area contributed by atoms with Gasteiger partial charge < -0.3 is 15.3 Å². The highest BCUT2D eigenvalue weighted by molar-refractivity contribution is 5.81. The summed E-state index contributed by atoms with van der Waals surface area (Å²) in [5.41, 5.74) is 0. The van der Waals surface area contributed by atoms with Crippen LogP contribution in [0, 0.1) is 5.92 Å². The molecule has 1 aliphatic heterocycles. The highest BCUT2D eigenvalue weighted by Crippen LogP contribution is 2.17. The first-order valence-corrected chi connectivity index (χ1v) is 4.63. The zero-order valence-corrected chi connectivity index (χ0v) is 8.25. The number of carbonyl (C=O) groups is 2. The van der Waals surface area contributed by atoms with E-state index in [0.717, 1.165) is 4.90 Å². The van der Waals surface area contributed by atoms with Gasteiger partial charge in [0.05, 0.1) is 0 Å². The highest BCUT2D eigenvalue weighted by atomic mass is 19.4. The van der Waals surface area contributed by atoms with E-state index in [0.29, 0.717) is 13.0 Å². The molecule has 8 heteroatoms. The monoisotopic (exact) mass is 240 g/mol. The summed E-state index contributed by atoms with van der Waals surface area (Å²) >= 11 is 0. The van der Waals surface area contributed by atoms with Crippen molar-refractivity contribution < 1.29 is 27.9 Å². The van der Waals surface area contributed by atoms with Crippen molar-refractivity contribution in [3.05, 3.63) is 0 Å². The molecule has 0 aromatic rings. The normalized spacial score (nSPS) is 20.9. The molecule has 5 nitrogen and oxygen atoms in total. The van der Waals surface area contributed by atoms with Crippen LogP contribution in [-0.4, -0.2) is 47.8 Å². The second kappa shape index (κ2) is 4.58. The third kappa shape index (κ3) is 3.28. The summed E-state index contributed by atoms with van der Waals surface area (Å²) in [5, 5.41) is 10.3. The molecule has 0 spiro atoms. The predicted octanol–water partition coefficient (Wildman–Crippen LogP) is 0.665. The Kier molecular flexibility index (Phi) is 3.61. The van der Waals surface area contributed by atoms with Gasteiger partial charge in [-0.3, -0.25) is 4.79 Å². The summed E-state index contributed by atoms with van der Waals surface area (Å²) in [6.07, 6.45) is -5.51. The number of carbonyl (C=O) groups excluding carboxylic acids is 1. The molecule has 1 heterocycles. The van der Waals surface area contributed by atoms with Crippen LogP contribution in [0.4, 0.5) is 18.0 Å². The van der Waals surface area contributed by atoms with Crippen molar-refractivity contribution >= 4 is 12.0 Å². The van der Waals surface area contributed by atoms with E-state index < -0.39 is 18.2 Å². The highest BCUT2D eigenvalue weighted by Gasteiger charge is 2.39. The van der Waals surface area contributed by atoms with E-state index in [1.54, 1.807) is 5.32 Å². The number of hydrogen-bond acceptors (Lipinski definition) is 2. The molecule has 0 aliphatic carbocycles. The second-order valence-electron chi connectivity index (χ2n) is 3.59. The van der Waals surface area contributed by atoms with Gasteiger partial charge in [-0.25, -0.2) is 4.79 Å². The number of halogens is 3. The summed E-state index contributed by atoms with van der Waals surface area (Å²) in [4.78, 5) is 22.1. The Morgan fingerprint density at radius 1 is 1.44 bits per heavy atom. The first-order chi connectivity index (χ1) is 7.30. The number of hydrogen-bond donors (Lipinski definition) is 2. The maximum atomic E-state index is 11.8.